The molecule has 0 spiro atoms. The third-order valence-electron chi connectivity index (χ3n) is 4.96. The predicted molar refractivity (Wildman–Crippen MR) is 98.6 cm³/mol. The summed E-state index contributed by atoms with van der Waals surface area (Å²) >= 11 is 0. The van der Waals surface area contributed by atoms with Gasteiger partial charge < -0.3 is 10.1 Å². The molecule has 6 heteroatoms. The Morgan fingerprint density at radius 1 is 1.27 bits per heavy atom. The van der Waals surface area contributed by atoms with Gasteiger partial charge in [0.2, 0.25) is 5.91 Å². The Hall–Kier alpha value is -2.73. The average molecular weight is 350 g/mol. The van der Waals surface area contributed by atoms with E-state index in [0.717, 1.165) is 17.5 Å². The van der Waals surface area contributed by atoms with Gasteiger partial charge >= 0.3 is 0 Å². The second kappa shape index (κ2) is 7.66. The molecule has 0 aliphatic carbocycles. The van der Waals surface area contributed by atoms with E-state index in [1.807, 2.05) is 30.6 Å². The zero-order valence-corrected chi connectivity index (χ0v) is 14.5. The molecule has 1 saturated heterocycles. The van der Waals surface area contributed by atoms with Gasteiger partial charge in [-0.1, -0.05) is 18.2 Å². The van der Waals surface area contributed by atoms with Gasteiger partial charge in [0.15, 0.2) is 0 Å². The van der Waals surface area contributed by atoms with E-state index in [2.05, 4.69) is 32.6 Å². The molecule has 1 aliphatic heterocycles. The molecule has 3 heterocycles. The molecule has 2 atom stereocenters. The highest BCUT2D eigenvalue weighted by Gasteiger charge is 2.30. The summed E-state index contributed by atoms with van der Waals surface area (Å²) in [4.78, 5) is 16.7. The van der Waals surface area contributed by atoms with Crippen LogP contribution in [0.4, 0.5) is 0 Å². The summed E-state index contributed by atoms with van der Waals surface area (Å²) in [5.41, 5.74) is 3.30. The Balaban J connectivity index is 1.39. The molecule has 4 rings (SSSR count). The third-order valence-corrected chi connectivity index (χ3v) is 4.96. The van der Waals surface area contributed by atoms with E-state index in [1.54, 1.807) is 6.20 Å². The fourth-order valence-corrected chi connectivity index (χ4v) is 3.53. The normalized spacial score (nSPS) is 19.7. The van der Waals surface area contributed by atoms with Gasteiger partial charge in [0.1, 0.15) is 0 Å². The van der Waals surface area contributed by atoms with Crippen molar-refractivity contribution in [2.24, 2.45) is 5.92 Å². The van der Waals surface area contributed by atoms with Crippen LogP contribution in [0.15, 0.2) is 48.9 Å². The van der Waals surface area contributed by atoms with Crippen molar-refractivity contribution >= 4 is 16.8 Å². The molecular formula is C20H22N4O2. The van der Waals surface area contributed by atoms with Crippen molar-refractivity contribution in [3.05, 3.63) is 60.0 Å². The molecule has 1 amide bonds. The Labute approximate surface area is 152 Å². The highest BCUT2D eigenvalue weighted by atomic mass is 16.5. The highest BCUT2D eigenvalue weighted by molar-refractivity contribution is 5.82. The number of rotatable bonds is 6. The van der Waals surface area contributed by atoms with Gasteiger partial charge in [-0.15, -0.1) is 0 Å². The predicted octanol–water partition coefficient (Wildman–Crippen LogP) is 2.26. The number of ether oxygens (including phenoxy) is 1. The summed E-state index contributed by atoms with van der Waals surface area (Å²) < 4.78 is 5.66. The molecule has 26 heavy (non-hydrogen) atoms. The van der Waals surface area contributed by atoms with Crippen molar-refractivity contribution < 1.29 is 9.53 Å². The number of H-pyrrole nitrogens is 1. The van der Waals surface area contributed by atoms with E-state index in [9.17, 15) is 4.79 Å². The van der Waals surface area contributed by atoms with Crippen molar-refractivity contribution in [2.45, 2.75) is 25.3 Å². The van der Waals surface area contributed by atoms with Crippen molar-refractivity contribution in [3.8, 4) is 0 Å². The molecule has 134 valence electrons. The lowest BCUT2D eigenvalue weighted by molar-refractivity contribution is -0.122. The maximum atomic E-state index is 12.3. The third kappa shape index (κ3) is 3.75. The first-order valence-corrected chi connectivity index (χ1v) is 8.97. The van der Waals surface area contributed by atoms with Gasteiger partial charge in [0.25, 0.3) is 0 Å². The zero-order valence-electron chi connectivity index (χ0n) is 14.5. The summed E-state index contributed by atoms with van der Waals surface area (Å²) in [6.45, 7) is 1.24. The first kappa shape index (κ1) is 16.7. The lowest BCUT2D eigenvalue weighted by atomic mass is 9.93. The molecule has 0 radical (unpaired) electrons. The van der Waals surface area contributed by atoms with E-state index in [1.165, 1.54) is 10.9 Å². The number of nitrogens with one attached hydrogen (secondary N) is 2. The van der Waals surface area contributed by atoms with Crippen LogP contribution in [-0.2, 0) is 22.4 Å². The van der Waals surface area contributed by atoms with Crippen molar-refractivity contribution in [1.82, 2.24) is 20.5 Å². The number of carbonyl (C=O) groups excluding carboxylic acids is 1. The number of para-hydroxylation sites is 1. The van der Waals surface area contributed by atoms with E-state index in [4.69, 9.17) is 4.74 Å². The number of aromatic amines is 1. The standard InChI is InChI=1S/C20H22N4O2/c25-20(6-5-14-10-22-23-11-14)24-19-13-26-12-16(19)9-15-7-8-21-18-4-2-1-3-17(15)18/h1-4,7-8,10-11,16,19H,5-6,9,12-13H2,(H,22,23)(H,24,25)/t16-,19+/m1/s1. The number of nitrogens with zero attached hydrogens (tertiary/aromatic N) is 2. The van der Waals surface area contributed by atoms with Crippen LogP contribution in [0, 0.1) is 5.92 Å². The number of hydrogen-bond acceptors (Lipinski definition) is 4. The number of aryl methyl sites for hydroxylation is 1. The van der Waals surface area contributed by atoms with Crippen LogP contribution in [0.25, 0.3) is 10.9 Å². The van der Waals surface area contributed by atoms with Crippen molar-refractivity contribution in [2.75, 3.05) is 13.2 Å². The number of pyridine rings is 1. The van der Waals surface area contributed by atoms with Gasteiger partial charge in [-0.2, -0.15) is 5.10 Å². The fourth-order valence-electron chi connectivity index (χ4n) is 3.53. The second-order valence-electron chi connectivity index (χ2n) is 6.77. The minimum atomic E-state index is 0.0544. The quantitative estimate of drug-likeness (QED) is 0.715. The Morgan fingerprint density at radius 2 is 2.19 bits per heavy atom. The SMILES string of the molecule is O=C(CCc1cn[nH]c1)N[C@H]1COC[C@H]1Cc1ccnc2ccccc12. The molecule has 0 unspecified atom stereocenters. The molecule has 1 fully saturated rings. The number of fused-ring (bicyclic) bond motifs is 1. The minimum Gasteiger partial charge on any atom is -0.379 e. The average Bonchev–Trinajstić information content (AvgIpc) is 3.33. The largest absolute Gasteiger partial charge is 0.379 e. The lowest BCUT2D eigenvalue weighted by Crippen LogP contribution is -2.40. The number of aromatic nitrogens is 3. The molecule has 1 aromatic carbocycles. The van der Waals surface area contributed by atoms with E-state index in [0.29, 0.717) is 26.1 Å². The van der Waals surface area contributed by atoms with Crippen LogP contribution >= 0.6 is 0 Å². The van der Waals surface area contributed by atoms with Crippen LogP contribution in [0.1, 0.15) is 17.5 Å². The number of hydrogen-bond donors (Lipinski definition) is 2. The van der Waals surface area contributed by atoms with Crippen molar-refractivity contribution in [1.29, 1.82) is 0 Å². The molecule has 0 saturated carbocycles. The summed E-state index contributed by atoms with van der Waals surface area (Å²) in [6.07, 6.45) is 7.45. The molecule has 1 aliphatic rings. The summed E-state index contributed by atoms with van der Waals surface area (Å²) in [5.74, 6) is 0.338. The van der Waals surface area contributed by atoms with Crippen LogP contribution in [0.2, 0.25) is 0 Å². The van der Waals surface area contributed by atoms with Crippen LogP contribution in [0.5, 0.6) is 0 Å². The Kier molecular flexibility index (Phi) is 4.93. The Morgan fingerprint density at radius 3 is 3.08 bits per heavy atom. The molecule has 2 N–H and O–H groups in total. The molecule has 0 bridgehead atoms. The lowest BCUT2D eigenvalue weighted by Gasteiger charge is -2.20. The Bertz CT molecular complexity index is 873. The number of benzene rings is 1. The molecule has 2 aromatic heterocycles. The van der Waals surface area contributed by atoms with Gasteiger partial charge in [-0.25, -0.2) is 0 Å². The summed E-state index contributed by atoms with van der Waals surface area (Å²) in [6, 6.07) is 10.3. The monoisotopic (exact) mass is 350 g/mol. The van der Waals surface area contributed by atoms with E-state index >= 15 is 0 Å². The minimum absolute atomic E-state index is 0.0544. The molecule has 6 nitrogen and oxygen atoms in total. The van der Waals surface area contributed by atoms with E-state index in [-0.39, 0.29) is 17.9 Å². The van der Waals surface area contributed by atoms with Crippen molar-refractivity contribution in [3.63, 3.8) is 0 Å². The van der Waals surface area contributed by atoms with E-state index < -0.39 is 0 Å². The maximum Gasteiger partial charge on any atom is 0.220 e. The van der Waals surface area contributed by atoms with Crippen LogP contribution in [-0.4, -0.2) is 40.3 Å². The van der Waals surface area contributed by atoms with Gasteiger partial charge in [-0.3, -0.25) is 14.9 Å². The summed E-state index contributed by atoms with van der Waals surface area (Å²) in [7, 11) is 0. The van der Waals surface area contributed by atoms with Crippen LogP contribution < -0.4 is 5.32 Å². The van der Waals surface area contributed by atoms with Crippen LogP contribution in [0.3, 0.4) is 0 Å². The first-order valence-electron chi connectivity index (χ1n) is 8.97. The highest BCUT2D eigenvalue weighted by Crippen LogP contribution is 2.24. The molecular weight excluding hydrogens is 328 g/mol. The first-order chi connectivity index (χ1) is 12.8. The van der Waals surface area contributed by atoms with Gasteiger partial charge in [0, 0.05) is 30.1 Å². The zero-order chi connectivity index (χ0) is 17.8. The second-order valence-corrected chi connectivity index (χ2v) is 6.77. The molecule has 3 aromatic rings. The van der Waals surface area contributed by atoms with Gasteiger partial charge in [0.05, 0.1) is 31.0 Å². The number of amides is 1. The fraction of sp³-hybridized carbons (Fsp3) is 0.350. The van der Waals surface area contributed by atoms with Gasteiger partial charge in [-0.05, 0) is 36.1 Å². The topological polar surface area (TPSA) is 79.9 Å². The maximum absolute atomic E-state index is 12.3. The smallest absolute Gasteiger partial charge is 0.220 e. The number of carbonyl (C=O) groups is 1. The summed E-state index contributed by atoms with van der Waals surface area (Å²) in [5, 5.41) is 11.0.